The fraction of sp³-hybridized carbons (Fsp3) is 0.227. The molecule has 1 amide bonds. The summed E-state index contributed by atoms with van der Waals surface area (Å²) in [4.78, 5) is 24.7. The van der Waals surface area contributed by atoms with Gasteiger partial charge in [-0.3, -0.25) is 4.79 Å². The van der Waals surface area contributed by atoms with Gasteiger partial charge >= 0.3 is 12.1 Å². The lowest BCUT2D eigenvalue weighted by Crippen LogP contribution is -2.19. The van der Waals surface area contributed by atoms with Gasteiger partial charge in [-0.05, 0) is 37.3 Å². The standard InChI is InChI=1S/C22H20F3N3O5/c1-4-33-21(30)17-12-26-28(19(17)22(23,24)25)14-7-5-6-13(10-14)27-20(29)16-9-8-15(31-2)11-18(16)32-3/h5-12H,4H2,1-3H3,(H,27,29). The van der Waals surface area contributed by atoms with Crippen LogP contribution in [0.2, 0.25) is 0 Å². The number of carbonyl (C=O) groups is 2. The number of rotatable bonds is 7. The van der Waals surface area contributed by atoms with Crippen LogP contribution in [-0.4, -0.2) is 42.5 Å². The second-order valence-corrected chi connectivity index (χ2v) is 6.61. The Kier molecular flexibility index (Phi) is 6.90. The van der Waals surface area contributed by atoms with Crippen molar-refractivity contribution in [3.63, 3.8) is 0 Å². The maximum Gasteiger partial charge on any atom is 0.434 e. The SMILES string of the molecule is CCOC(=O)c1cnn(-c2cccc(NC(=O)c3ccc(OC)cc3OC)c2)c1C(F)(F)F. The molecule has 0 aliphatic carbocycles. The van der Waals surface area contributed by atoms with Crippen molar-refractivity contribution in [3.8, 4) is 17.2 Å². The van der Waals surface area contributed by atoms with E-state index in [2.05, 4.69) is 10.4 Å². The summed E-state index contributed by atoms with van der Waals surface area (Å²) < 4.78 is 56.8. The first-order valence-electron chi connectivity index (χ1n) is 9.65. The average molecular weight is 463 g/mol. The fourth-order valence-electron chi connectivity index (χ4n) is 3.08. The van der Waals surface area contributed by atoms with Crippen molar-refractivity contribution in [1.29, 1.82) is 0 Å². The summed E-state index contributed by atoms with van der Waals surface area (Å²) in [7, 11) is 2.86. The smallest absolute Gasteiger partial charge is 0.434 e. The van der Waals surface area contributed by atoms with Gasteiger partial charge in [-0.25, -0.2) is 9.48 Å². The van der Waals surface area contributed by atoms with E-state index in [0.29, 0.717) is 10.4 Å². The van der Waals surface area contributed by atoms with Crippen molar-refractivity contribution < 1.29 is 37.0 Å². The van der Waals surface area contributed by atoms with Crippen molar-refractivity contribution >= 4 is 17.6 Å². The number of methoxy groups -OCH3 is 2. The molecular weight excluding hydrogens is 443 g/mol. The third-order valence-electron chi connectivity index (χ3n) is 4.53. The minimum Gasteiger partial charge on any atom is -0.497 e. The zero-order valence-electron chi connectivity index (χ0n) is 17.9. The number of nitrogens with zero attached hydrogens (tertiary/aromatic N) is 2. The molecule has 0 fully saturated rings. The predicted molar refractivity (Wildman–Crippen MR) is 112 cm³/mol. The number of amides is 1. The van der Waals surface area contributed by atoms with E-state index in [-0.39, 0.29) is 29.3 Å². The molecule has 0 aliphatic heterocycles. The Bertz CT molecular complexity index is 1170. The minimum absolute atomic E-state index is 0.0163. The van der Waals surface area contributed by atoms with E-state index in [0.717, 1.165) is 6.20 Å². The highest BCUT2D eigenvalue weighted by Crippen LogP contribution is 2.34. The van der Waals surface area contributed by atoms with Gasteiger partial charge in [0.15, 0.2) is 5.69 Å². The summed E-state index contributed by atoms with van der Waals surface area (Å²) in [6.45, 7) is 1.40. The number of carbonyl (C=O) groups excluding carboxylic acids is 2. The molecule has 0 radical (unpaired) electrons. The summed E-state index contributed by atoms with van der Waals surface area (Å²) in [5.74, 6) is -0.933. The van der Waals surface area contributed by atoms with Gasteiger partial charge in [0, 0.05) is 11.8 Å². The van der Waals surface area contributed by atoms with Crippen LogP contribution in [0.5, 0.6) is 11.5 Å². The van der Waals surface area contributed by atoms with Gasteiger partial charge in [-0.15, -0.1) is 0 Å². The van der Waals surface area contributed by atoms with Gasteiger partial charge in [0.05, 0.1) is 38.3 Å². The van der Waals surface area contributed by atoms with E-state index in [1.807, 2.05) is 0 Å². The first-order valence-corrected chi connectivity index (χ1v) is 9.65. The molecule has 174 valence electrons. The number of alkyl halides is 3. The van der Waals surface area contributed by atoms with Crippen LogP contribution in [0.4, 0.5) is 18.9 Å². The van der Waals surface area contributed by atoms with Crippen LogP contribution in [0, 0.1) is 0 Å². The number of aromatic nitrogens is 2. The van der Waals surface area contributed by atoms with E-state index in [1.54, 1.807) is 6.07 Å². The van der Waals surface area contributed by atoms with Crippen LogP contribution in [0.15, 0.2) is 48.7 Å². The molecule has 0 unspecified atom stereocenters. The number of benzene rings is 2. The molecule has 0 saturated carbocycles. The molecule has 3 aromatic rings. The molecule has 8 nitrogen and oxygen atoms in total. The Morgan fingerprint density at radius 1 is 1.06 bits per heavy atom. The van der Waals surface area contributed by atoms with Gasteiger partial charge in [-0.2, -0.15) is 18.3 Å². The second kappa shape index (κ2) is 9.63. The number of nitrogens with one attached hydrogen (secondary N) is 1. The lowest BCUT2D eigenvalue weighted by Gasteiger charge is -2.14. The third kappa shape index (κ3) is 5.08. The van der Waals surface area contributed by atoms with E-state index in [1.165, 1.54) is 57.5 Å². The van der Waals surface area contributed by atoms with Crippen LogP contribution < -0.4 is 14.8 Å². The molecule has 0 saturated heterocycles. The molecule has 0 bridgehead atoms. The van der Waals surface area contributed by atoms with Gasteiger partial charge in [0.25, 0.3) is 5.91 Å². The van der Waals surface area contributed by atoms with Crippen molar-refractivity contribution in [2.45, 2.75) is 13.1 Å². The van der Waals surface area contributed by atoms with Crippen LogP contribution in [0.25, 0.3) is 5.69 Å². The van der Waals surface area contributed by atoms with E-state index in [9.17, 15) is 22.8 Å². The van der Waals surface area contributed by atoms with Gasteiger partial charge in [0.2, 0.25) is 0 Å². The van der Waals surface area contributed by atoms with Gasteiger partial charge in [0.1, 0.15) is 17.1 Å². The Balaban J connectivity index is 1.95. The topological polar surface area (TPSA) is 91.7 Å². The molecule has 1 aromatic heterocycles. The normalized spacial score (nSPS) is 11.1. The summed E-state index contributed by atoms with van der Waals surface area (Å²) >= 11 is 0. The molecular formula is C22H20F3N3O5. The molecule has 0 aliphatic rings. The Hall–Kier alpha value is -4.02. The number of ether oxygens (including phenoxy) is 3. The Morgan fingerprint density at radius 3 is 2.45 bits per heavy atom. The van der Waals surface area contributed by atoms with Gasteiger partial charge in [-0.1, -0.05) is 6.07 Å². The number of anilines is 1. The molecule has 1 N–H and O–H groups in total. The van der Waals surface area contributed by atoms with Gasteiger partial charge < -0.3 is 19.5 Å². The largest absolute Gasteiger partial charge is 0.497 e. The summed E-state index contributed by atoms with van der Waals surface area (Å²) in [6, 6.07) is 10.2. The average Bonchev–Trinajstić information content (AvgIpc) is 3.25. The third-order valence-corrected chi connectivity index (χ3v) is 4.53. The van der Waals surface area contributed by atoms with Crippen LogP contribution >= 0.6 is 0 Å². The second-order valence-electron chi connectivity index (χ2n) is 6.61. The zero-order valence-corrected chi connectivity index (χ0v) is 17.9. The minimum atomic E-state index is -4.88. The molecule has 3 rings (SSSR count). The monoisotopic (exact) mass is 463 g/mol. The van der Waals surface area contributed by atoms with E-state index in [4.69, 9.17) is 14.2 Å². The van der Waals surface area contributed by atoms with E-state index < -0.39 is 29.3 Å². The highest BCUT2D eigenvalue weighted by Gasteiger charge is 2.41. The first-order chi connectivity index (χ1) is 15.7. The molecule has 33 heavy (non-hydrogen) atoms. The summed E-state index contributed by atoms with van der Waals surface area (Å²) in [5.41, 5.74) is -1.60. The predicted octanol–water partition coefficient (Wildman–Crippen LogP) is 4.34. The molecule has 0 spiro atoms. The molecule has 0 atom stereocenters. The fourth-order valence-corrected chi connectivity index (χ4v) is 3.08. The Labute approximate surface area is 186 Å². The maximum absolute atomic E-state index is 13.7. The van der Waals surface area contributed by atoms with Crippen LogP contribution in [0.3, 0.4) is 0 Å². The lowest BCUT2D eigenvalue weighted by atomic mass is 10.1. The summed E-state index contributed by atoms with van der Waals surface area (Å²) in [5, 5.41) is 6.35. The number of halogens is 3. The van der Waals surface area contributed by atoms with Crippen molar-refractivity contribution in [2.75, 3.05) is 26.1 Å². The number of hydrogen-bond acceptors (Lipinski definition) is 6. The molecule has 11 heteroatoms. The van der Waals surface area contributed by atoms with Crippen LogP contribution in [0.1, 0.15) is 33.3 Å². The van der Waals surface area contributed by atoms with Crippen molar-refractivity contribution in [1.82, 2.24) is 9.78 Å². The number of hydrogen-bond donors (Lipinski definition) is 1. The maximum atomic E-state index is 13.7. The van der Waals surface area contributed by atoms with Crippen LogP contribution in [-0.2, 0) is 10.9 Å². The lowest BCUT2D eigenvalue weighted by molar-refractivity contribution is -0.143. The molecule has 2 aromatic carbocycles. The zero-order chi connectivity index (χ0) is 24.2. The Morgan fingerprint density at radius 2 is 1.82 bits per heavy atom. The van der Waals surface area contributed by atoms with Crippen molar-refractivity contribution in [3.05, 3.63) is 65.5 Å². The number of esters is 1. The quantitative estimate of drug-likeness (QED) is 0.525. The van der Waals surface area contributed by atoms with E-state index >= 15 is 0 Å². The van der Waals surface area contributed by atoms with Crippen molar-refractivity contribution in [2.24, 2.45) is 0 Å². The summed E-state index contributed by atoms with van der Waals surface area (Å²) in [6.07, 6.45) is -4.08. The highest BCUT2D eigenvalue weighted by atomic mass is 19.4. The molecule has 1 heterocycles. The highest BCUT2D eigenvalue weighted by molar-refractivity contribution is 6.06. The first kappa shape index (κ1) is 23.6.